The van der Waals surface area contributed by atoms with Crippen LogP contribution < -0.4 is 14.8 Å². The lowest BCUT2D eigenvalue weighted by Gasteiger charge is -2.24. The van der Waals surface area contributed by atoms with E-state index in [0.717, 1.165) is 24.3 Å². The molecule has 0 spiro atoms. The van der Waals surface area contributed by atoms with Crippen molar-refractivity contribution in [2.45, 2.75) is 51.8 Å². The van der Waals surface area contributed by atoms with Crippen LogP contribution in [0, 0.1) is 0 Å². The van der Waals surface area contributed by atoms with Crippen molar-refractivity contribution in [1.29, 1.82) is 0 Å². The fraction of sp³-hybridized carbons (Fsp3) is 0.625. The summed E-state index contributed by atoms with van der Waals surface area (Å²) in [5, 5.41) is 13.0. The van der Waals surface area contributed by atoms with Crippen LogP contribution in [0.15, 0.2) is 18.2 Å². The van der Waals surface area contributed by atoms with Crippen molar-refractivity contribution in [3.63, 3.8) is 0 Å². The third-order valence-corrected chi connectivity index (χ3v) is 3.40. The van der Waals surface area contributed by atoms with Crippen LogP contribution in [0.4, 0.5) is 0 Å². The molecule has 0 saturated carbocycles. The van der Waals surface area contributed by atoms with Crippen molar-refractivity contribution in [3.05, 3.63) is 23.8 Å². The predicted molar refractivity (Wildman–Crippen MR) is 81.5 cm³/mol. The van der Waals surface area contributed by atoms with Crippen LogP contribution in [0.3, 0.4) is 0 Å². The van der Waals surface area contributed by atoms with Gasteiger partial charge in [-0.15, -0.1) is 0 Å². The minimum Gasteiger partial charge on any atom is -0.493 e. The number of methoxy groups -OCH3 is 2. The second-order valence-corrected chi connectivity index (χ2v) is 5.23. The van der Waals surface area contributed by atoms with Gasteiger partial charge in [0.15, 0.2) is 11.5 Å². The van der Waals surface area contributed by atoms with Crippen molar-refractivity contribution in [2.75, 3.05) is 14.2 Å². The van der Waals surface area contributed by atoms with Gasteiger partial charge in [-0.05, 0) is 44.4 Å². The van der Waals surface area contributed by atoms with E-state index < -0.39 is 0 Å². The van der Waals surface area contributed by atoms with Gasteiger partial charge in [-0.1, -0.05) is 13.0 Å². The van der Waals surface area contributed by atoms with Crippen LogP contribution in [0.5, 0.6) is 11.5 Å². The molecule has 0 aliphatic rings. The van der Waals surface area contributed by atoms with E-state index in [1.165, 1.54) is 5.56 Å². The van der Waals surface area contributed by atoms with Crippen molar-refractivity contribution in [2.24, 2.45) is 0 Å². The van der Waals surface area contributed by atoms with Crippen molar-refractivity contribution >= 4 is 0 Å². The second-order valence-electron chi connectivity index (χ2n) is 5.23. The van der Waals surface area contributed by atoms with Gasteiger partial charge in [0.25, 0.3) is 0 Å². The first-order valence-corrected chi connectivity index (χ1v) is 7.17. The van der Waals surface area contributed by atoms with Gasteiger partial charge in [0.05, 0.1) is 20.3 Å². The Morgan fingerprint density at radius 3 is 2.30 bits per heavy atom. The van der Waals surface area contributed by atoms with E-state index in [1.807, 2.05) is 19.1 Å². The molecule has 20 heavy (non-hydrogen) atoms. The van der Waals surface area contributed by atoms with Crippen LogP contribution in [-0.4, -0.2) is 31.5 Å². The molecule has 0 bridgehead atoms. The van der Waals surface area contributed by atoms with Gasteiger partial charge in [-0.3, -0.25) is 0 Å². The maximum atomic E-state index is 9.45. The quantitative estimate of drug-likeness (QED) is 0.769. The Balaban J connectivity index is 2.84. The van der Waals surface area contributed by atoms with Gasteiger partial charge in [0.2, 0.25) is 0 Å². The molecular weight excluding hydrogens is 254 g/mol. The summed E-state index contributed by atoms with van der Waals surface area (Å²) < 4.78 is 10.6. The number of rotatable bonds is 8. The highest BCUT2D eigenvalue weighted by atomic mass is 16.5. The largest absolute Gasteiger partial charge is 0.493 e. The van der Waals surface area contributed by atoms with Gasteiger partial charge < -0.3 is 19.9 Å². The summed E-state index contributed by atoms with van der Waals surface area (Å²) in [7, 11) is 3.28. The van der Waals surface area contributed by atoms with E-state index in [-0.39, 0.29) is 18.2 Å². The SMILES string of the molecule is CCC(NC(C)CC(C)O)c1ccc(OC)c(OC)c1. The molecule has 1 aromatic rings. The number of benzene rings is 1. The van der Waals surface area contributed by atoms with Crippen LogP contribution >= 0.6 is 0 Å². The van der Waals surface area contributed by atoms with Crippen molar-refractivity contribution in [1.82, 2.24) is 5.32 Å². The highest BCUT2D eigenvalue weighted by molar-refractivity contribution is 5.43. The zero-order valence-corrected chi connectivity index (χ0v) is 13.1. The van der Waals surface area contributed by atoms with Crippen LogP contribution in [0.25, 0.3) is 0 Å². The Morgan fingerprint density at radius 1 is 1.15 bits per heavy atom. The van der Waals surface area contributed by atoms with Crippen molar-refractivity contribution < 1.29 is 14.6 Å². The van der Waals surface area contributed by atoms with E-state index in [9.17, 15) is 5.11 Å². The number of hydrogen-bond acceptors (Lipinski definition) is 4. The minimum absolute atomic E-state index is 0.239. The first kappa shape index (κ1) is 16.8. The molecule has 2 N–H and O–H groups in total. The first-order chi connectivity index (χ1) is 9.51. The molecule has 3 unspecified atom stereocenters. The van der Waals surface area contributed by atoms with Crippen LogP contribution in [-0.2, 0) is 0 Å². The maximum Gasteiger partial charge on any atom is 0.161 e. The van der Waals surface area contributed by atoms with Gasteiger partial charge in [0, 0.05) is 12.1 Å². The van der Waals surface area contributed by atoms with Crippen LogP contribution in [0.2, 0.25) is 0 Å². The summed E-state index contributed by atoms with van der Waals surface area (Å²) in [6.45, 7) is 6.05. The summed E-state index contributed by atoms with van der Waals surface area (Å²) in [6.07, 6.45) is 1.42. The molecule has 4 heteroatoms. The average molecular weight is 281 g/mol. The summed E-state index contributed by atoms with van der Waals surface area (Å²) >= 11 is 0. The molecule has 0 aromatic heterocycles. The first-order valence-electron chi connectivity index (χ1n) is 7.17. The zero-order valence-electron chi connectivity index (χ0n) is 13.1. The number of ether oxygens (including phenoxy) is 2. The average Bonchev–Trinajstić information content (AvgIpc) is 2.43. The Hall–Kier alpha value is -1.26. The number of aliphatic hydroxyl groups is 1. The molecule has 0 saturated heterocycles. The molecule has 0 amide bonds. The molecular formula is C16H27NO3. The van der Waals surface area contributed by atoms with Crippen molar-refractivity contribution in [3.8, 4) is 11.5 Å². The third-order valence-electron chi connectivity index (χ3n) is 3.40. The summed E-state index contributed by atoms with van der Waals surface area (Å²) in [5.41, 5.74) is 1.17. The lowest BCUT2D eigenvalue weighted by atomic mass is 10.0. The molecule has 1 aromatic carbocycles. The lowest BCUT2D eigenvalue weighted by molar-refractivity contribution is 0.167. The minimum atomic E-state index is -0.291. The Morgan fingerprint density at radius 2 is 1.80 bits per heavy atom. The zero-order chi connectivity index (χ0) is 15.1. The van der Waals surface area contributed by atoms with E-state index >= 15 is 0 Å². The topological polar surface area (TPSA) is 50.7 Å². The standard InChI is InChI=1S/C16H27NO3/c1-6-14(17-11(2)9-12(3)18)13-7-8-15(19-4)16(10-13)20-5/h7-8,10-12,14,17-18H,6,9H2,1-5H3. The molecule has 3 atom stereocenters. The van der Waals surface area contributed by atoms with E-state index in [1.54, 1.807) is 14.2 Å². The molecule has 0 radical (unpaired) electrons. The van der Waals surface area contributed by atoms with E-state index in [0.29, 0.717) is 0 Å². The maximum absolute atomic E-state index is 9.45. The highest BCUT2D eigenvalue weighted by Gasteiger charge is 2.16. The Bertz CT molecular complexity index is 407. The number of nitrogens with one attached hydrogen (secondary N) is 1. The number of hydrogen-bond donors (Lipinski definition) is 2. The van der Waals surface area contributed by atoms with E-state index in [2.05, 4.69) is 25.2 Å². The lowest BCUT2D eigenvalue weighted by Crippen LogP contribution is -2.32. The van der Waals surface area contributed by atoms with Crippen LogP contribution in [0.1, 0.15) is 45.2 Å². The normalized spacial score (nSPS) is 15.5. The monoisotopic (exact) mass is 281 g/mol. The molecule has 0 heterocycles. The summed E-state index contributed by atoms with van der Waals surface area (Å²) in [4.78, 5) is 0. The van der Waals surface area contributed by atoms with Gasteiger partial charge in [-0.25, -0.2) is 0 Å². The smallest absolute Gasteiger partial charge is 0.161 e. The van der Waals surface area contributed by atoms with Gasteiger partial charge in [0.1, 0.15) is 0 Å². The summed E-state index contributed by atoms with van der Waals surface area (Å²) in [6, 6.07) is 6.49. The molecule has 114 valence electrons. The second kappa shape index (κ2) is 8.12. The molecule has 0 aliphatic carbocycles. The third kappa shape index (κ3) is 4.69. The highest BCUT2D eigenvalue weighted by Crippen LogP contribution is 2.31. The van der Waals surface area contributed by atoms with Gasteiger partial charge in [-0.2, -0.15) is 0 Å². The molecule has 0 fully saturated rings. The van der Waals surface area contributed by atoms with Gasteiger partial charge >= 0.3 is 0 Å². The summed E-state index contributed by atoms with van der Waals surface area (Å²) in [5.74, 6) is 1.48. The number of aliphatic hydroxyl groups excluding tert-OH is 1. The molecule has 4 nitrogen and oxygen atoms in total. The fourth-order valence-electron chi connectivity index (χ4n) is 2.44. The Labute approximate surface area is 122 Å². The van der Waals surface area contributed by atoms with E-state index in [4.69, 9.17) is 9.47 Å². The molecule has 0 aliphatic heterocycles. The molecule has 1 rings (SSSR count). The fourth-order valence-corrected chi connectivity index (χ4v) is 2.44. The Kier molecular flexibility index (Phi) is 6.82. The predicted octanol–water partition coefficient (Wildman–Crippen LogP) is 2.90.